The summed E-state index contributed by atoms with van der Waals surface area (Å²) in [6.07, 6.45) is 9.70. The molecular formula is C14H20. The van der Waals surface area contributed by atoms with Crippen LogP contribution in [0.3, 0.4) is 0 Å². The second-order valence-corrected chi connectivity index (χ2v) is 4.89. The number of hydrogen-bond acceptors (Lipinski definition) is 0. The van der Waals surface area contributed by atoms with Gasteiger partial charge in [0, 0.05) is 5.92 Å². The largest absolute Gasteiger partial charge is 0.0988 e. The standard InChI is InChI=1S/C14H20/c1-6-11(2)12-7-9-13(10-8-12)14(3,4)5/h6-7,9-10,12H,1-2,8H2,3-5H3. The summed E-state index contributed by atoms with van der Waals surface area (Å²) in [6, 6.07) is 0. The van der Waals surface area contributed by atoms with E-state index in [1.54, 1.807) is 0 Å². The molecule has 0 N–H and O–H groups in total. The highest BCUT2D eigenvalue weighted by Gasteiger charge is 2.18. The first-order valence-electron chi connectivity index (χ1n) is 5.15. The molecule has 0 aliphatic heterocycles. The Hall–Kier alpha value is -1.04. The third-order valence-corrected chi connectivity index (χ3v) is 2.70. The highest BCUT2D eigenvalue weighted by atomic mass is 14.2. The maximum Gasteiger partial charge on any atom is 0.00498 e. The molecule has 0 fully saturated rings. The lowest BCUT2D eigenvalue weighted by Gasteiger charge is -2.25. The van der Waals surface area contributed by atoms with Gasteiger partial charge in [-0.1, -0.05) is 58.2 Å². The Labute approximate surface area is 87.7 Å². The maximum absolute atomic E-state index is 3.99. The van der Waals surface area contributed by atoms with Gasteiger partial charge in [-0.2, -0.15) is 0 Å². The fraction of sp³-hybridized carbons (Fsp3) is 0.429. The quantitative estimate of drug-likeness (QED) is 0.567. The van der Waals surface area contributed by atoms with Crippen LogP contribution in [0.15, 0.2) is 48.6 Å². The fourth-order valence-corrected chi connectivity index (χ4v) is 1.60. The molecule has 0 aromatic carbocycles. The molecule has 0 aromatic rings. The fourth-order valence-electron chi connectivity index (χ4n) is 1.60. The summed E-state index contributed by atoms with van der Waals surface area (Å²) in [5.41, 5.74) is 2.80. The van der Waals surface area contributed by atoms with Crippen LogP contribution in [0.2, 0.25) is 0 Å². The van der Waals surface area contributed by atoms with Crippen LogP contribution in [-0.2, 0) is 0 Å². The zero-order chi connectivity index (χ0) is 10.8. The van der Waals surface area contributed by atoms with Crippen molar-refractivity contribution in [2.24, 2.45) is 11.3 Å². The van der Waals surface area contributed by atoms with Crippen LogP contribution < -0.4 is 0 Å². The van der Waals surface area contributed by atoms with E-state index in [0.29, 0.717) is 5.92 Å². The predicted octanol–water partition coefficient (Wildman–Crippen LogP) is 4.28. The Balaban J connectivity index is 2.71. The molecule has 1 aliphatic rings. The van der Waals surface area contributed by atoms with Gasteiger partial charge in [-0.25, -0.2) is 0 Å². The van der Waals surface area contributed by atoms with Crippen LogP contribution in [0.4, 0.5) is 0 Å². The summed E-state index contributed by atoms with van der Waals surface area (Å²) in [5.74, 6) is 0.457. The molecule has 0 radical (unpaired) electrons. The molecule has 0 amide bonds. The summed E-state index contributed by atoms with van der Waals surface area (Å²) in [4.78, 5) is 0. The summed E-state index contributed by atoms with van der Waals surface area (Å²) in [6.45, 7) is 14.5. The first kappa shape index (κ1) is 11.0. The van der Waals surface area contributed by atoms with Crippen molar-refractivity contribution in [2.45, 2.75) is 27.2 Å². The molecule has 1 unspecified atom stereocenters. The van der Waals surface area contributed by atoms with Crippen molar-refractivity contribution in [3.8, 4) is 0 Å². The first-order valence-corrected chi connectivity index (χ1v) is 5.15. The predicted molar refractivity (Wildman–Crippen MR) is 64.1 cm³/mol. The van der Waals surface area contributed by atoms with Gasteiger partial charge in [0.1, 0.15) is 0 Å². The van der Waals surface area contributed by atoms with Gasteiger partial charge in [0.15, 0.2) is 0 Å². The lowest BCUT2D eigenvalue weighted by atomic mass is 9.80. The zero-order valence-corrected chi connectivity index (χ0v) is 9.51. The van der Waals surface area contributed by atoms with Crippen LogP contribution in [0.1, 0.15) is 27.2 Å². The summed E-state index contributed by atoms with van der Waals surface area (Å²) in [5, 5.41) is 0. The van der Waals surface area contributed by atoms with Crippen molar-refractivity contribution < 1.29 is 0 Å². The lowest BCUT2D eigenvalue weighted by molar-refractivity contribution is 0.509. The minimum atomic E-state index is 0.261. The highest BCUT2D eigenvalue weighted by molar-refractivity contribution is 5.33. The van der Waals surface area contributed by atoms with Gasteiger partial charge in [-0.3, -0.25) is 0 Å². The van der Waals surface area contributed by atoms with Crippen LogP contribution >= 0.6 is 0 Å². The molecule has 1 rings (SSSR count). The number of hydrogen-bond donors (Lipinski definition) is 0. The average Bonchev–Trinajstić information content (AvgIpc) is 2.15. The molecule has 1 atom stereocenters. The summed E-state index contributed by atoms with van der Waals surface area (Å²) < 4.78 is 0. The van der Waals surface area contributed by atoms with Gasteiger partial charge >= 0.3 is 0 Å². The van der Waals surface area contributed by atoms with Crippen molar-refractivity contribution in [1.82, 2.24) is 0 Å². The van der Waals surface area contributed by atoms with Crippen molar-refractivity contribution in [3.05, 3.63) is 48.6 Å². The third-order valence-electron chi connectivity index (χ3n) is 2.70. The molecule has 14 heavy (non-hydrogen) atoms. The molecule has 0 bridgehead atoms. The Bertz CT molecular complexity index is 294. The molecule has 0 heteroatoms. The van der Waals surface area contributed by atoms with Gasteiger partial charge in [0.05, 0.1) is 0 Å². The SMILES string of the molecule is C=CC(=C)C1C=CC(C(C)(C)C)=CC1. The van der Waals surface area contributed by atoms with E-state index < -0.39 is 0 Å². The molecule has 0 spiro atoms. The van der Waals surface area contributed by atoms with Crippen LogP contribution in [-0.4, -0.2) is 0 Å². The molecule has 76 valence electrons. The molecular weight excluding hydrogens is 168 g/mol. The van der Waals surface area contributed by atoms with Crippen LogP contribution in [0.5, 0.6) is 0 Å². The third kappa shape index (κ3) is 2.47. The van der Waals surface area contributed by atoms with E-state index in [1.165, 1.54) is 5.57 Å². The van der Waals surface area contributed by atoms with E-state index in [1.807, 2.05) is 6.08 Å². The Kier molecular flexibility index (Phi) is 3.15. The molecule has 0 nitrogen and oxygen atoms in total. The summed E-state index contributed by atoms with van der Waals surface area (Å²) in [7, 11) is 0. The second-order valence-electron chi connectivity index (χ2n) is 4.89. The van der Waals surface area contributed by atoms with Gasteiger partial charge in [-0.05, 0) is 23.0 Å². The van der Waals surface area contributed by atoms with Crippen molar-refractivity contribution in [2.75, 3.05) is 0 Å². The Morgan fingerprint density at radius 1 is 1.50 bits per heavy atom. The minimum absolute atomic E-state index is 0.261. The molecule has 0 saturated carbocycles. The van der Waals surface area contributed by atoms with E-state index >= 15 is 0 Å². The smallest absolute Gasteiger partial charge is 0.00498 e. The molecule has 0 aromatic heterocycles. The Morgan fingerprint density at radius 2 is 2.14 bits per heavy atom. The van der Waals surface area contributed by atoms with Crippen molar-refractivity contribution in [3.63, 3.8) is 0 Å². The van der Waals surface area contributed by atoms with Gasteiger partial charge < -0.3 is 0 Å². The van der Waals surface area contributed by atoms with Crippen molar-refractivity contribution in [1.29, 1.82) is 0 Å². The van der Waals surface area contributed by atoms with Gasteiger partial charge in [-0.15, -0.1) is 0 Å². The second kappa shape index (κ2) is 4.00. The number of rotatable bonds is 2. The summed E-state index contributed by atoms with van der Waals surface area (Å²) >= 11 is 0. The normalized spacial score (nSPS) is 21.6. The van der Waals surface area contributed by atoms with Crippen molar-refractivity contribution >= 4 is 0 Å². The zero-order valence-electron chi connectivity index (χ0n) is 9.51. The maximum atomic E-state index is 3.99. The molecule has 0 saturated heterocycles. The first-order chi connectivity index (χ1) is 6.45. The van der Waals surface area contributed by atoms with E-state index in [9.17, 15) is 0 Å². The monoisotopic (exact) mass is 188 g/mol. The average molecular weight is 188 g/mol. The van der Waals surface area contributed by atoms with Crippen LogP contribution in [0.25, 0.3) is 0 Å². The molecule has 1 aliphatic carbocycles. The van der Waals surface area contributed by atoms with E-state index in [0.717, 1.165) is 12.0 Å². The van der Waals surface area contributed by atoms with E-state index in [2.05, 4.69) is 52.2 Å². The van der Waals surface area contributed by atoms with Gasteiger partial charge in [0.2, 0.25) is 0 Å². The minimum Gasteiger partial charge on any atom is -0.0988 e. The Morgan fingerprint density at radius 3 is 2.50 bits per heavy atom. The van der Waals surface area contributed by atoms with Gasteiger partial charge in [0.25, 0.3) is 0 Å². The van der Waals surface area contributed by atoms with Crippen LogP contribution in [0, 0.1) is 11.3 Å². The van der Waals surface area contributed by atoms with E-state index in [-0.39, 0.29) is 5.41 Å². The highest BCUT2D eigenvalue weighted by Crippen LogP contribution is 2.32. The number of allylic oxidation sites excluding steroid dienone is 6. The van der Waals surface area contributed by atoms with E-state index in [4.69, 9.17) is 0 Å². The molecule has 0 heterocycles. The lowest BCUT2D eigenvalue weighted by Crippen LogP contribution is -2.11. The topological polar surface area (TPSA) is 0 Å².